The first kappa shape index (κ1) is 14.9. The summed E-state index contributed by atoms with van der Waals surface area (Å²) in [5, 5.41) is 2.53. The van der Waals surface area contributed by atoms with Gasteiger partial charge in [0.1, 0.15) is 7.05 Å². The second-order valence-corrected chi connectivity index (χ2v) is 7.23. The molecule has 0 amide bonds. The van der Waals surface area contributed by atoms with Crippen LogP contribution < -0.4 is 4.57 Å². The quantitative estimate of drug-likeness (QED) is 0.312. The minimum atomic E-state index is 0.748. The third-order valence-corrected chi connectivity index (χ3v) is 5.78. The third-order valence-electron chi connectivity index (χ3n) is 4.60. The van der Waals surface area contributed by atoms with Gasteiger partial charge >= 0.3 is 0 Å². The lowest BCUT2D eigenvalue weighted by Gasteiger charge is -2.06. The molecule has 0 saturated carbocycles. The Balaban J connectivity index is 2.15. The summed E-state index contributed by atoms with van der Waals surface area (Å²) in [6.45, 7) is 11.5. The summed E-state index contributed by atoms with van der Waals surface area (Å²) in [4.78, 5) is 3.66. The van der Waals surface area contributed by atoms with Crippen LogP contribution in [0.4, 0.5) is 5.69 Å². The Hall–Kier alpha value is -2.70. The standard InChI is InChI=1S/C21H17N2S/c1-13-8-9-15-16-11-14(2)17(22-3)12-19(16)24-21(15)20(13)18-7-5-6-10-23(18)4/h5-12H,1-2,4H3/q+1. The van der Waals surface area contributed by atoms with E-state index in [0.717, 1.165) is 11.3 Å². The summed E-state index contributed by atoms with van der Waals surface area (Å²) in [6, 6.07) is 14.9. The zero-order valence-corrected chi connectivity index (χ0v) is 14.7. The molecule has 0 N–H and O–H groups in total. The van der Waals surface area contributed by atoms with Gasteiger partial charge in [-0.15, -0.1) is 11.3 Å². The Morgan fingerprint density at radius 2 is 1.83 bits per heavy atom. The molecule has 2 heterocycles. The average molecular weight is 329 g/mol. The van der Waals surface area contributed by atoms with E-state index in [-0.39, 0.29) is 0 Å². The molecule has 3 heteroatoms. The molecule has 2 aromatic carbocycles. The fourth-order valence-electron chi connectivity index (χ4n) is 3.30. The molecule has 0 aliphatic carbocycles. The molecular formula is C21H17N2S+. The Kier molecular flexibility index (Phi) is 3.37. The number of pyridine rings is 1. The summed E-state index contributed by atoms with van der Waals surface area (Å²) < 4.78 is 4.66. The van der Waals surface area contributed by atoms with Gasteiger partial charge in [-0.25, -0.2) is 9.41 Å². The molecular weight excluding hydrogens is 312 g/mol. The normalized spacial score (nSPS) is 11.1. The van der Waals surface area contributed by atoms with Crippen LogP contribution in [-0.2, 0) is 7.05 Å². The van der Waals surface area contributed by atoms with Gasteiger partial charge in [-0.1, -0.05) is 18.2 Å². The lowest BCUT2D eigenvalue weighted by atomic mass is 10.0. The first-order valence-corrected chi connectivity index (χ1v) is 8.71. The van der Waals surface area contributed by atoms with Gasteiger partial charge in [-0.05, 0) is 42.5 Å². The van der Waals surface area contributed by atoms with E-state index in [4.69, 9.17) is 6.57 Å². The highest BCUT2D eigenvalue weighted by Crippen LogP contribution is 2.42. The zero-order valence-electron chi connectivity index (χ0n) is 13.9. The number of fused-ring (bicyclic) bond motifs is 3. The van der Waals surface area contributed by atoms with Crippen molar-refractivity contribution in [1.29, 1.82) is 0 Å². The van der Waals surface area contributed by atoms with Gasteiger partial charge in [0.25, 0.3) is 0 Å². The predicted octanol–water partition coefficient (Wildman–Crippen LogP) is 5.71. The van der Waals surface area contributed by atoms with Crippen molar-refractivity contribution in [1.82, 2.24) is 0 Å². The van der Waals surface area contributed by atoms with Crippen LogP contribution in [0.2, 0.25) is 0 Å². The molecule has 0 saturated heterocycles. The van der Waals surface area contributed by atoms with E-state index in [0.29, 0.717) is 0 Å². The number of thiophene rings is 1. The van der Waals surface area contributed by atoms with Crippen LogP contribution in [0, 0.1) is 20.4 Å². The Labute approximate surface area is 145 Å². The number of nitrogens with zero attached hydrogens (tertiary/aromatic N) is 2. The molecule has 0 bridgehead atoms. The van der Waals surface area contributed by atoms with Crippen LogP contribution in [0.5, 0.6) is 0 Å². The highest BCUT2D eigenvalue weighted by Gasteiger charge is 2.18. The number of aryl methyl sites for hydroxylation is 3. The molecule has 2 aromatic heterocycles. The molecule has 4 rings (SSSR count). The summed E-state index contributed by atoms with van der Waals surface area (Å²) >= 11 is 1.79. The molecule has 0 radical (unpaired) electrons. The van der Waals surface area contributed by atoms with Crippen molar-refractivity contribution in [3.63, 3.8) is 0 Å². The summed E-state index contributed by atoms with van der Waals surface area (Å²) in [6.07, 6.45) is 2.09. The van der Waals surface area contributed by atoms with Crippen molar-refractivity contribution >= 4 is 37.2 Å². The van der Waals surface area contributed by atoms with Crippen molar-refractivity contribution in [2.75, 3.05) is 0 Å². The Morgan fingerprint density at radius 3 is 2.58 bits per heavy atom. The van der Waals surface area contributed by atoms with Gasteiger partial charge in [0.05, 0.1) is 12.1 Å². The molecule has 0 aliphatic heterocycles. The fraction of sp³-hybridized carbons (Fsp3) is 0.143. The molecule has 24 heavy (non-hydrogen) atoms. The topological polar surface area (TPSA) is 8.24 Å². The van der Waals surface area contributed by atoms with Crippen molar-refractivity contribution in [3.8, 4) is 11.3 Å². The maximum atomic E-state index is 7.36. The predicted molar refractivity (Wildman–Crippen MR) is 102 cm³/mol. The molecule has 2 nitrogen and oxygen atoms in total. The highest BCUT2D eigenvalue weighted by atomic mass is 32.1. The maximum Gasteiger partial charge on any atom is 0.213 e. The molecule has 0 spiro atoms. The zero-order chi connectivity index (χ0) is 16.8. The molecule has 0 aliphatic rings. The smallest absolute Gasteiger partial charge is 0.213 e. The molecule has 0 fully saturated rings. The number of rotatable bonds is 1. The van der Waals surface area contributed by atoms with Crippen LogP contribution in [-0.4, -0.2) is 0 Å². The van der Waals surface area contributed by atoms with Gasteiger partial charge < -0.3 is 0 Å². The van der Waals surface area contributed by atoms with Gasteiger partial charge in [0.15, 0.2) is 11.9 Å². The van der Waals surface area contributed by atoms with E-state index < -0.39 is 0 Å². The van der Waals surface area contributed by atoms with Crippen molar-refractivity contribution in [2.45, 2.75) is 13.8 Å². The molecule has 4 aromatic rings. The number of hydrogen-bond donors (Lipinski definition) is 0. The third kappa shape index (κ3) is 2.11. The minimum absolute atomic E-state index is 0.748. The summed E-state index contributed by atoms with van der Waals surface area (Å²) in [5.74, 6) is 0. The fourth-order valence-corrected chi connectivity index (χ4v) is 4.63. The van der Waals surface area contributed by atoms with E-state index >= 15 is 0 Å². The van der Waals surface area contributed by atoms with Crippen LogP contribution >= 0.6 is 11.3 Å². The van der Waals surface area contributed by atoms with E-state index in [1.165, 1.54) is 37.0 Å². The second kappa shape index (κ2) is 5.43. The van der Waals surface area contributed by atoms with Crippen molar-refractivity contribution < 1.29 is 4.57 Å². The van der Waals surface area contributed by atoms with E-state index in [9.17, 15) is 0 Å². The van der Waals surface area contributed by atoms with Crippen LogP contribution in [0.15, 0.2) is 48.7 Å². The Bertz CT molecular complexity index is 1150. The van der Waals surface area contributed by atoms with Gasteiger partial charge in [-0.3, -0.25) is 0 Å². The summed E-state index contributed by atoms with van der Waals surface area (Å²) in [5.41, 5.74) is 5.58. The van der Waals surface area contributed by atoms with Crippen LogP contribution in [0.3, 0.4) is 0 Å². The minimum Gasteiger partial charge on any atom is -0.238 e. The van der Waals surface area contributed by atoms with E-state index in [1.807, 2.05) is 13.0 Å². The number of hydrogen-bond acceptors (Lipinski definition) is 1. The van der Waals surface area contributed by atoms with Crippen molar-refractivity contribution in [2.24, 2.45) is 7.05 Å². The highest BCUT2D eigenvalue weighted by molar-refractivity contribution is 7.26. The molecule has 0 unspecified atom stereocenters. The first-order chi connectivity index (χ1) is 11.6. The van der Waals surface area contributed by atoms with Crippen molar-refractivity contribution in [3.05, 3.63) is 71.2 Å². The van der Waals surface area contributed by atoms with Gasteiger partial charge in [0, 0.05) is 26.9 Å². The lowest BCUT2D eigenvalue weighted by molar-refractivity contribution is -0.660. The second-order valence-electron chi connectivity index (χ2n) is 6.18. The van der Waals surface area contributed by atoms with Crippen LogP contribution in [0.25, 0.3) is 36.3 Å². The lowest BCUT2D eigenvalue weighted by Crippen LogP contribution is -2.30. The van der Waals surface area contributed by atoms with Crippen LogP contribution in [0.1, 0.15) is 11.1 Å². The largest absolute Gasteiger partial charge is 0.238 e. The molecule has 116 valence electrons. The summed E-state index contributed by atoms with van der Waals surface area (Å²) in [7, 11) is 2.09. The molecule has 0 atom stereocenters. The van der Waals surface area contributed by atoms with Gasteiger partial charge in [-0.2, -0.15) is 0 Å². The Morgan fingerprint density at radius 1 is 1.00 bits per heavy atom. The van der Waals surface area contributed by atoms with Gasteiger partial charge in [0.2, 0.25) is 5.69 Å². The average Bonchev–Trinajstić information content (AvgIpc) is 2.92. The monoisotopic (exact) mass is 329 g/mol. The SMILES string of the molecule is [C-]#[N+]c1cc2sc3c(-c4cccc[n+]4C)c(C)ccc3c2cc1C. The van der Waals surface area contributed by atoms with E-state index in [2.05, 4.69) is 66.0 Å². The number of aromatic nitrogens is 1. The number of benzene rings is 2. The maximum absolute atomic E-state index is 7.36. The first-order valence-electron chi connectivity index (χ1n) is 7.89. The van der Waals surface area contributed by atoms with E-state index in [1.54, 1.807) is 11.3 Å².